The lowest BCUT2D eigenvalue weighted by Gasteiger charge is -2.06. The summed E-state index contributed by atoms with van der Waals surface area (Å²) in [4.78, 5) is -0.198. The molecule has 0 aliphatic heterocycles. The van der Waals surface area contributed by atoms with Crippen molar-refractivity contribution in [2.75, 3.05) is 5.75 Å². The van der Waals surface area contributed by atoms with E-state index in [9.17, 15) is 13.5 Å². The molecule has 0 radical (unpaired) electrons. The minimum atomic E-state index is -3.49. The summed E-state index contributed by atoms with van der Waals surface area (Å²) in [6, 6.07) is 3.49. The van der Waals surface area contributed by atoms with Gasteiger partial charge in [0.05, 0.1) is 5.75 Å². The number of sulfone groups is 1. The smallest absolute Gasteiger partial charge is 0.182 e. The van der Waals surface area contributed by atoms with Gasteiger partial charge in [-0.2, -0.15) is 0 Å². The Morgan fingerprint density at radius 3 is 2.53 bits per heavy atom. The number of hydrogen-bond donors (Lipinski definition) is 2. The second-order valence-corrected chi connectivity index (χ2v) is 5.40. The molecule has 4 nitrogen and oxygen atoms in total. The lowest BCUT2D eigenvalue weighted by Crippen LogP contribution is -2.06. The highest BCUT2D eigenvalue weighted by atomic mass is 32.2. The van der Waals surface area contributed by atoms with Crippen LogP contribution < -0.4 is 0 Å². The van der Waals surface area contributed by atoms with E-state index in [-0.39, 0.29) is 22.1 Å². The number of unbranched alkanes of at least 4 members (excludes halogenated alkanes) is 1. The van der Waals surface area contributed by atoms with Crippen LogP contribution in [0.4, 0.5) is 0 Å². The molecule has 15 heavy (non-hydrogen) atoms. The number of benzene rings is 1. The van der Waals surface area contributed by atoms with Gasteiger partial charge >= 0.3 is 0 Å². The lowest BCUT2D eigenvalue weighted by atomic mass is 10.3. The molecule has 0 amide bonds. The molecule has 0 heterocycles. The topological polar surface area (TPSA) is 74.6 Å². The van der Waals surface area contributed by atoms with Gasteiger partial charge in [-0.25, -0.2) is 8.42 Å². The first-order chi connectivity index (χ1) is 6.97. The Morgan fingerprint density at radius 1 is 1.27 bits per heavy atom. The molecule has 0 saturated heterocycles. The predicted octanol–water partition coefficient (Wildman–Crippen LogP) is 1.67. The average molecular weight is 230 g/mol. The van der Waals surface area contributed by atoms with Crippen molar-refractivity contribution in [3.05, 3.63) is 18.2 Å². The minimum Gasteiger partial charge on any atom is -0.508 e. The van der Waals surface area contributed by atoms with Crippen molar-refractivity contribution in [2.45, 2.75) is 24.7 Å². The average Bonchev–Trinajstić information content (AvgIpc) is 2.18. The minimum absolute atomic E-state index is 0.0134. The van der Waals surface area contributed by atoms with Gasteiger partial charge in [0.1, 0.15) is 16.4 Å². The van der Waals surface area contributed by atoms with Gasteiger partial charge in [0.25, 0.3) is 0 Å². The summed E-state index contributed by atoms with van der Waals surface area (Å²) >= 11 is 0. The van der Waals surface area contributed by atoms with Crippen molar-refractivity contribution < 1.29 is 18.6 Å². The Bertz CT molecular complexity index is 437. The molecule has 0 fully saturated rings. The fourth-order valence-corrected chi connectivity index (χ4v) is 2.77. The zero-order chi connectivity index (χ0) is 11.5. The standard InChI is InChI=1S/C10H14O4S/c1-2-3-6-15(13,14)10-7-8(11)4-5-9(10)12/h4-5,7,11-12H,2-3,6H2,1H3. The van der Waals surface area contributed by atoms with Gasteiger partial charge in [-0.05, 0) is 18.6 Å². The summed E-state index contributed by atoms with van der Waals surface area (Å²) in [5, 5.41) is 18.5. The monoisotopic (exact) mass is 230 g/mol. The molecular weight excluding hydrogens is 216 g/mol. The summed E-state index contributed by atoms with van der Waals surface area (Å²) in [5.41, 5.74) is 0. The molecule has 0 aromatic heterocycles. The molecule has 0 atom stereocenters. The summed E-state index contributed by atoms with van der Waals surface area (Å²) in [5.74, 6) is -0.493. The van der Waals surface area contributed by atoms with Crippen LogP contribution in [-0.2, 0) is 9.84 Å². The highest BCUT2D eigenvalue weighted by molar-refractivity contribution is 7.91. The molecule has 1 aromatic rings. The molecule has 0 unspecified atom stereocenters. The van der Waals surface area contributed by atoms with E-state index in [2.05, 4.69) is 0 Å². The van der Waals surface area contributed by atoms with Crippen molar-refractivity contribution in [3.63, 3.8) is 0 Å². The van der Waals surface area contributed by atoms with Crippen molar-refractivity contribution in [3.8, 4) is 11.5 Å². The number of aromatic hydroxyl groups is 2. The Balaban J connectivity index is 3.09. The van der Waals surface area contributed by atoms with Gasteiger partial charge in [-0.15, -0.1) is 0 Å². The van der Waals surface area contributed by atoms with Gasteiger partial charge in [0.2, 0.25) is 0 Å². The van der Waals surface area contributed by atoms with E-state index >= 15 is 0 Å². The van der Waals surface area contributed by atoms with Crippen LogP contribution in [0.1, 0.15) is 19.8 Å². The molecule has 0 aliphatic carbocycles. The number of phenolic OH excluding ortho intramolecular Hbond substituents is 2. The Labute approximate surface area is 89.1 Å². The molecule has 0 bridgehead atoms. The van der Waals surface area contributed by atoms with Crippen molar-refractivity contribution in [1.29, 1.82) is 0 Å². The molecule has 1 rings (SSSR count). The van der Waals surface area contributed by atoms with E-state index < -0.39 is 9.84 Å². The van der Waals surface area contributed by atoms with Crippen LogP contribution in [0.5, 0.6) is 11.5 Å². The van der Waals surface area contributed by atoms with Crippen LogP contribution in [0.15, 0.2) is 23.1 Å². The quantitative estimate of drug-likeness (QED) is 0.771. The molecule has 0 saturated carbocycles. The van der Waals surface area contributed by atoms with Crippen LogP contribution >= 0.6 is 0 Å². The molecular formula is C10H14O4S. The molecule has 0 aliphatic rings. The van der Waals surface area contributed by atoms with E-state index in [4.69, 9.17) is 5.11 Å². The highest BCUT2D eigenvalue weighted by Crippen LogP contribution is 2.27. The number of phenols is 2. The third-order valence-electron chi connectivity index (χ3n) is 2.05. The number of rotatable bonds is 4. The van der Waals surface area contributed by atoms with Crippen LogP contribution in [0.3, 0.4) is 0 Å². The second-order valence-electron chi connectivity index (χ2n) is 3.32. The summed E-state index contributed by atoms with van der Waals surface area (Å²) in [6.45, 7) is 1.89. The van der Waals surface area contributed by atoms with E-state index in [1.807, 2.05) is 6.92 Å². The first-order valence-corrected chi connectivity index (χ1v) is 6.37. The fraction of sp³-hybridized carbons (Fsp3) is 0.400. The summed E-state index contributed by atoms with van der Waals surface area (Å²) < 4.78 is 23.4. The van der Waals surface area contributed by atoms with E-state index in [1.165, 1.54) is 12.1 Å². The maximum absolute atomic E-state index is 11.7. The third-order valence-corrected chi connectivity index (χ3v) is 3.87. The molecule has 2 N–H and O–H groups in total. The van der Waals surface area contributed by atoms with E-state index in [0.717, 1.165) is 12.5 Å². The van der Waals surface area contributed by atoms with Crippen molar-refractivity contribution >= 4 is 9.84 Å². The van der Waals surface area contributed by atoms with Crippen LogP contribution in [-0.4, -0.2) is 24.4 Å². The zero-order valence-electron chi connectivity index (χ0n) is 8.47. The Hall–Kier alpha value is -1.23. The van der Waals surface area contributed by atoms with Crippen molar-refractivity contribution in [2.24, 2.45) is 0 Å². The molecule has 0 spiro atoms. The lowest BCUT2D eigenvalue weighted by molar-refractivity contribution is 0.445. The van der Waals surface area contributed by atoms with Gasteiger partial charge in [-0.1, -0.05) is 13.3 Å². The van der Waals surface area contributed by atoms with Gasteiger partial charge in [0, 0.05) is 6.07 Å². The first-order valence-electron chi connectivity index (χ1n) is 4.72. The van der Waals surface area contributed by atoms with Gasteiger partial charge in [-0.3, -0.25) is 0 Å². The zero-order valence-corrected chi connectivity index (χ0v) is 9.29. The third kappa shape index (κ3) is 2.86. The van der Waals surface area contributed by atoms with Gasteiger partial charge < -0.3 is 10.2 Å². The fourth-order valence-electron chi connectivity index (χ4n) is 1.20. The second kappa shape index (κ2) is 4.53. The highest BCUT2D eigenvalue weighted by Gasteiger charge is 2.18. The Morgan fingerprint density at radius 2 is 1.93 bits per heavy atom. The van der Waals surface area contributed by atoms with E-state index in [1.54, 1.807) is 0 Å². The summed E-state index contributed by atoms with van der Waals surface area (Å²) in [6.07, 6.45) is 1.30. The van der Waals surface area contributed by atoms with E-state index in [0.29, 0.717) is 6.42 Å². The van der Waals surface area contributed by atoms with Crippen LogP contribution in [0.2, 0.25) is 0 Å². The van der Waals surface area contributed by atoms with Crippen LogP contribution in [0, 0.1) is 0 Å². The maximum Gasteiger partial charge on any atom is 0.182 e. The van der Waals surface area contributed by atoms with Crippen molar-refractivity contribution in [1.82, 2.24) is 0 Å². The maximum atomic E-state index is 11.7. The normalized spacial score (nSPS) is 11.5. The largest absolute Gasteiger partial charge is 0.508 e. The summed E-state index contributed by atoms with van der Waals surface area (Å²) in [7, 11) is -3.49. The number of hydrogen-bond acceptors (Lipinski definition) is 4. The van der Waals surface area contributed by atoms with Gasteiger partial charge in [0.15, 0.2) is 9.84 Å². The molecule has 1 aromatic carbocycles. The molecule has 5 heteroatoms. The van der Waals surface area contributed by atoms with Crippen LogP contribution in [0.25, 0.3) is 0 Å². The SMILES string of the molecule is CCCCS(=O)(=O)c1cc(O)ccc1O. The predicted molar refractivity (Wildman–Crippen MR) is 56.7 cm³/mol. The first kappa shape index (κ1) is 11.8. The molecule has 84 valence electrons. The Kier molecular flexibility index (Phi) is 3.57.